The number of allylic oxidation sites excluding steroid dienone is 12. The van der Waals surface area contributed by atoms with Crippen LogP contribution >= 0.6 is 7.82 Å². The van der Waals surface area contributed by atoms with E-state index in [1.54, 1.807) is 0 Å². The van der Waals surface area contributed by atoms with E-state index in [1.807, 2.05) is 33.3 Å². The normalized spacial score (nSPS) is 17.4. The van der Waals surface area contributed by atoms with Crippen molar-refractivity contribution in [3.8, 4) is 0 Å². The number of unbranched alkanes of at least 4 members (excludes halogenated alkanes) is 12. The van der Waals surface area contributed by atoms with E-state index in [2.05, 4.69) is 86.8 Å². The average Bonchev–Trinajstić information content (AvgIpc) is 3.99. The highest BCUT2D eigenvalue weighted by molar-refractivity contribution is 7.45. The monoisotopic (exact) mass is 902 g/mol. The SMILES string of the molecule is CC/C=C\CC1OC1C/C=C\C/C=C\C/C=C\C/C=C\CCC(=O)OC[C@H](COP(=O)([O-])OCC[N+](C)(C)C)OC(=O)CCCCCCCCCCC/C=C\C/C=C\CCCCC. The van der Waals surface area contributed by atoms with Crippen LogP contribution in [0.15, 0.2) is 85.1 Å². The number of esters is 2. The molecule has 1 aliphatic rings. The molecule has 0 N–H and O–H groups in total. The van der Waals surface area contributed by atoms with Crippen molar-refractivity contribution in [2.45, 2.75) is 186 Å². The molecule has 11 heteroatoms. The number of quaternary nitrogens is 1. The Morgan fingerprint density at radius 2 is 1.08 bits per heavy atom. The zero-order chi connectivity index (χ0) is 46.1. The van der Waals surface area contributed by atoms with E-state index in [9.17, 15) is 19.0 Å². The molecular formula is C52H88NO9P. The third kappa shape index (κ3) is 40.4. The van der Waals surface area contributed by atoms with Crippen LogP contribution in [0.5, 0.6) is 0 Å². The van der Waals surface area contributed by atoms with E-state index >= 15 is 0 Å². The van der Waals surface area contributed by atoms with Gasteiger partial charge in [0, 0.05) is 12.8 Å². The van der Waals surface area contributed by atoms with Crippen LogP contribution in [0.25, 0.3) is 0 Å². The van der Waals surface area contributed by atoms with Crippen molar-refractivity contribution in [3.63, 3.8) is 0 Å². The van der Waals surface area contributed by atoms with Gasteiger partial charge in [-0.1, -0.05) is 157 Å². The number of phosphoric acid groups is 1. The van der Waals surface area contributed by atoms with Crippen molar-refractivity contribution in [2.24, 2.45) is 0 Å². The second-order valence-electron chi connectivity index (χ2n) is 17.5. The van der Waals surface area contributed by atoms with E-state index in [0.717, 1.165) is 70.6 Å². The zero-order valence-electron chi connectivity index (χ0n) is 40.2. The van der Waals surface area contributed by atoms with Crippen molar-refractivity contribution >= 4 is 19.8 Å². The smallest absolute Gasteiger partial charge is 0.306 e. The highest BCUT2D eigenvalue weighted by Gasteiger charge is 2.36. The van der Waals surface area contributed by atoms with Crippen LogP contribution in [-0.2, 0) is 37.4 Å². The average molecular weight is 902 g/mol. The van der Waals surface area contributed by atoms with Gasteiger partial charge in [-0.15, -0.1) is 0 Å². The summed E-state index contributed by atoms with van der Waals surface area (Å²) in [4.78, 5) is 37.7. The first-order valence-corrected chi connectivity index (χ1v) is 25.9. The fraction of sp³-hybridized carbons (Fsp3) is 0.692. The summed E-state index contributed by atoms with van der Waals surface area (Å²) in [6.07, 6.45) is 53.8. The molecular weight excluding hydrogens is 814 g/mol. The Morgan fingerprint density at radius 1 is 0.587 bits per heavy atom. The number of nitrogens with zero attached hydrogens (tertiary/aromatic N) is 1. The number of rotatable bonds is 42. The van der Waals surface area contributed by atoms with E-state index in [0.29, 0.717) is 36.1 Å². The zero-order valence-corrected chi connectivity index (χ0v) is 41.1. The van der Waals surface area contributed by atoms with Crippen LogP contribution in [0, 0.1) is 0 Å². The maximum atomic E-state index is 12.7. The number of ether oxygens (including phenoxy) is 3. The van der Waals surface area contributed by atoms with Gasteiger partial charge in [-0.3, -0.25) is 14.2 Å². The number of carbonyl (C=O) groups excluding carboxylic acids is 2. The molecule has 0 aromatic carbocycles. The molecule has 360 valence electrons. The van der Waals surface area contributed by atoms with Crippen LogP contribution in [-0.4, -0.2) is 82.2 Å². The molecule has 4 atom stereocenters. The second kappa shape index (κ2) is 39.5. The van der Waals surface area contributed by atoms with Crippen molar-refractivity contribution < 1.29 is 46.8 Å². The summed E-state index contributed by atoms with van der Waals surface area (Å²) in [5.74, 6) is -0.947. The van der Waals surface area contributed by atoms with Crippen LogP contribution in [0.4, 0.5) is 0 Å². The number of hydrogen-bond donors (Lipinski definition) is 0. The van der Waals surface area contributed by atoms with Gasteiger partial charge in [-0.2, -0.15) is 0 Å². The summed E-state index contributed by atoms with van der Waals surface area (Å²) in [5, 5.41) is 0. The molecule has 1 rings (SSSR count). The highest BCUT2D eigenvalue weighted by atomic mass is 31.2. The number of epoxide rings is 1. The fourth-order valence-electron chi connectivity index (χ4n) is 6.40. The third-order valence-corrected chi connectivity index (χ3v) is 11.3. The molecule has 0 aromatic heterocycles. The predicted octanol–water partition coefficient (Wildman–Crippen LogP) is 12.7. The van der Waals surface area contributed by atoms with Crippen molar-refractivity contribution in [3.05, 3.63) is 85.1 Å². The minimum atomic E-state index is -4.65. The summed E-state index contributed by atoms with van der Waals surface area (Å²) in [5.41, 5.74) is 0. The van der Waals surface area contributed by atoms with E-state index < -0.39 is 32.5 Å². The summed E-state index contributed by atoms with van der Waals surface area (Å²) in [6.45, 7) is 3.98. The topological polar surface area (TPSA) is 124 Å². The van der Waals surface area contributed by atoms with Crippen molar-refractivity contribution in [1.82, 2.24) is 0 Å². The lowest BCUT2D eigenvalue weighted by molar-refractivity contribution is -0.870. The first-order chi connectivity index (χ1) is 30.5. The number of hydrogen-bond acceptors (Lipinski definition) is 9. The molecule has 63 heavy (non-hydrogen) atoms. The Bertz CT molecular complexity index is 1410. The van der Waals surface area contributed by atoms with Gasteiger partial charge in [0.25, 0.3) is 7.82 Å². The van der Waals surface area contributed by atoms with Crippen molar-refractivity contribution in [1.29, 1.82) is 0 Å². The lowest BCUT2D eigenvalue weighted by Gasteiger charge is -2.28. The molecule has 10 nitrogen and oxygen atoms in total. The molecule has 1 heterocycles. The minimum Gasteiger partial charge on any atom is -0.756 e. The van der Waals surface area contributed by atoms with E-state index in [1.165, 1.54) is 57.8 Å². The van der Waals surface area contributed by atoms with Crippen LogP contribution in [0.2, 0.25) is 0 Å². The first kappa shape index (κ1) is 58.2. The standard InChI is InChI=1S/C52H88NO9P/c1-6-8-10-11-12-13-14-15-16-17-18-19-20-21-26-29-32-35-39-43-52(55)61-48(47-60-63(56,57)59-45-44-53(3,4)5)46-58-51(54)42-38-34-31-28-25-23-22-24-27-30-33-37-41-50-49(62-50)40-36-9-7-2/h9,12-13,15-16,23-25,27,31,33-34,36-37,48-50H,6-8,10-11,14,17-22,26,28-30,32,35,38-47H2,1-5H3/b13-12-,16-15-,25-23-,27-24-,34-31-,36-9-,37-33-/t48-,49?,50?/m1/s1. The van der Waals surface area contributed by atoms with Gasteiger partial charge in [0.2, 0.25) is 0 Å². The molecule has 3 unspecified atom stereocenters. The molecule has 0 spiro atoms. The largest absolute Gasteiger partial charge is 0.756 e. The predicted molar refractivity (Wildman–Crippen MR) is 258 cm³/mol. The van der Waals surface area contributed by atoms with Gasteiger partial charge >= 0.3 is 11.9 Å². The summed E-state index contributed by atoms with van der Waals surface area (Å²) in [6, 6.07) is 0. The Labute approximate surface area is 384 Å². The second-order valence-corrected chi connectivity index (χ2v) is 18.9. The quantitative estimate of drug-likeness (QED) is 0.0147. The summed E-state index contributed by atoms with van der Waals surface area (Å²) < 4.78 is 39.6. The number of phosphoric ester groups is 1. The molecule has 0 amide bonds. The molecule has 0 aromatic rings. The van der Waals surface area contributed by atoms with E-state index in [4.69, 9.17) is 23.3 Å². The van der Waals surface area contributed by atoms with Gasteiger partial charge in [-0.25, -0.2) is 0 Å². The highest BCUT2D eigenvalue weighted by Crippen LogP contribution is 2.38. The molecule has 0 aliphatic carbocycles. The third-order valence-electron chi connectivity index (χ3n) is 10.3. The lowest BCUT2D eigenvalue weighted by Crippen LogP contribution is -2.37. The van der Waals surface area contributed by atoms with Gasteiger partial charge in [0.15, 0.2) is 6.10 Å². The Hall–Kier alpha value is -2.85. The maximum Gasteiger partial charge on any atom is 0.306 e. The molecule has 0 saturated carbocycles. The summed E-state index contributed by atoms with van der Waals surface area (Å²) in [7, 11) is 1.11. The van der Waals surface area contributed by atoms with Crippen molar-refractivity contribution in [2.75, 3.05) is 47.5 Å². The Kier molecular flexibility index (Phi) is 36.5. The Balaban J connectivity index is 2.29. The van der Waals surface area contributed by atoms with E-state index in [-0.39, 0.29) is 26.1 Å². The van der Waals surface area contributed by atoms with Gasteiger partial charge in [0.1, 0.15) is 19.8 Å². The number of carbonyl (C=O) groups is 2. The van der Waals surface area contributed by atoms with Gasteiger partial charge in [-0.05, 0) is 83.5 Å². The first-order valence-electron chi connectivity index (χ1n) is 24.4. The number of likely N-dealkylation sites (N-methyl/N-ethyl adjacent to an activating group) is 1. The molecule has 1 aliphatic heterocycles. The fourth-order valence-corrected chi connectivity index (χ4v) is 7.13. The molecule has 1 fully saturated rings. The van der Waals surface area contributed by atoms with Gasteiger partial charge < -0.3 is 32.6 Å². The lowest BCUT2D eigenvalue weighted by atomic mass is 10.1. The molecule has 1 saturated heterocycles. The summed E-state index contributed by atoms with van der Waals surface area (Å²) >= 11 is 0. The van der Waals surface area contributed by atoms with Crippen LogP contribution in [0.1, 0.15) is 168 Å². The van der Waals surface area contributed by atoms with Crippen LogP contribution < -0.4 is 4.89 Å². The maximum absolute atomic E-state index is 12.7. The molecule has 0 bridgehead atoms. The van der Waals surface area contributed by atoms with Gasteiger partial charge in [0.05, 0.1) is 40.0 Å². The molecule has 0 radical (unpaired) electrons. The Morgan fingerprint density at radius 3 is 1.63 bits per heavy atom. The minimum absolute atomic E-state index is 0.0491. The van der Waals surface area contributed by atoms with Crippen LogP contribution in [0.3, 0.4) is 0 Å².